The largest absolute Gasteiger partial charge is 0.507 e. The number of phenolic OH excluding ortho intramolecular Hbond substituents is 1. The third-order valence-electron chi connectivity index (χ3n) is 11.9. The summed E-state index contributed by atoms with van der Waals surface area (Å²) in [7, 11) is 0. The van der Waals surface area contributed by atoms with Crippen molar-refractivity contribution >= 4 is 51.1 Å². The molecule has 2 fully saturated rings. The van der Waals surface area contributed by atoms with Crippen LogP contribution in [0.4, 0.5) is 11.4 Å². The summed E-state index contributed by atoms with van der Waals surface area (Å²) in [6, 6.07) is 34.7. The molecule has 1 saturated heterocycles. The van der Waals surface area contributed by atoms with Crippen molar-refractivity contribution in [3.05, 3.63) is 166 Å². The second kappa shape index (κ2) is 12.1. The van der Waals surface area contributed by atoms with E-state index in [2.05, 4.69) is 0 Å². The van der Waals surface area contributed by atoms with Crippen LogP contribution in [-0.2, 0) is 24.6 Å². The van der Waals surface area contributed by atoms with Gasteiger partial charge in [-0.25, -0.2) is 4.90 Å². The fourth-order valence-electron chi connectivity index (χ4n) is 9.78. The molecule has 1 N–H and O–H groups in total. The summed E-state index contributed by atoms with van der Waals surface area (Å²) >= 11 is 0. The molecule has 5 aromatic rings. The van der Waals surface area contributed by atoms with Gasteiger partial charge < -0.3 is 5.11 Å². The zero-order valence-corrected chi connectivity index (χ0v) is 28.3. The number of aromatic hydroxyl groups is 1. The number of allylic oxidation sites excluding steroid dienone is 4. The van der Waals surface area contributed by atoms with Gasteiger partial charge in [-0.05, 0) is 59.0 Å². The molecule has 0 radical (unpaired) electrons. The Balaban J connectivity index is 1.30. The molecule has 9 rings (SSSR count). The van der Waals surface area contributed by atoms with Crippen LogP contribution in [0.3, 0.4) is 0 Å². The van der Waals surface area contributed by atoms with Gasteiger partial charge in [0.1, 0.15) is 5.75 Å². The van der Waals surface area contributed by atoms with E-state index in [1.807, 2.05) is 84.9 Å². The van der Waals surface area contributed by atoms with Crippen LogP contribution in [-0.4, -0.2) is 33.4 Å². The van der Waals surface area contributed by atoms with Crippen molar-refractivity contribution in [1.29, 1.82) is 0 Å². The van der Waals surface area contributed by atoms with E-state index in [0.29, 0.717) is 27.5 Å². The van der Waals surface area contributed by atoms with Crippen molar-refractivity contribution in [1.82, 2.24) is 0 Å². The van der Waals surface area contributed by atoms with E-state index in [4.69, 9.17) is 0 Å². The Labute approximate surface area is 304 Å². The molecule has 2 amide bonds. The highest BCUT2D eigenvalue weighted by molar-refractivity contribution is 6.32. The zero-order chi connectivity index (χ0) is 36.6. The number of nitro benzene ring substituents is 1. The highest BCUT2D eigenvalue weighted by atomic mass is 16.6. The summed E-state index contributed by atoms with van der Waals surface area (Å²) in [5, 5.41) is 23.9. The monoisotopic (exact) mass is 700 g/mol. The maximum Gasteiger partial charge on any atom is 0.271 e. The van der Waals surface area contributed by atoms with E-state index >= 15 is 9.59 Å². The number of benzene rings is 5. The Morgan fingerprint density at radius 3 is 2.19 bits per heavy atom. The topological polar surface area (TPSA) is 135 Å². The van der Waals surface area contributed by atoms with Crippen molar-refractivity contribution in [3.8, 4) is 5.75 Å². The third-order valence-corrected chi connectivity index (χ3v) is 11.9. The first kappa shape index (κ1) is 32.4. The van der Waals surface area contributed by atoms with Crippen LogP contribution in [0, 0.1) is 33.8 Å². The lowest BCUT2D eigenvalue weighted by Crippen LogP contribution is -2.58. The maximum atomic E-state index is 15.3. The molecule has 3 aliphatic carbocycles. The number of carbonyl (C=O) groups is 4. The molecule has 53 heavy (non-hydrogen) atoms. The van der Waals surface area contributed by atoms with Gasteiger partial charge in [0.2, 0.25) is 11.8 Å². The molecule has 1 aliphatic heterocycles. The molecule has 6 atom stereocenters. The summed E-state index contributed by atoms with van der Waals surface area (Å²) in [6.07, 6.45) is 3.81. The number of Topliss-reactive ketones (excluding diaryl/α,β-unsaturated/α-hetero) is 1. The lowest BCUT2D eigenvalue weighted by molar-refractivity contribution is -0.384. The number of fused-ring (bicyclic) bond motifs is 5. The third kappa shape index (κ3) is 4.63. The predicted molar refractivity (Wildman–Crippen MR) is 198 cm³/mol. The van der Waals surface area contributed by atoms with Gasteiger partial charge in [-0.3, -0.25) is 29.3 Å². The minimum Gasteiger partial charge on any atom is -0.507 e. The Bertz CT molecular complexity index is 2470. The van der Waals surface area contributed by atoms with Gasteiger partial charge >= 0.3 is 0 Å². The lowest BCUT2D eigenvalue weighted by Gasteiger charge is -2.55. The Morgan fingerprint density at radius 1 is 0.755 bits per heavy atom. The number of phenols is 1. The molecule has 0 unspecified atom stereocenters. The van der Waals surface area contributed by atoms with Crippen LogP contribution >= 0.6 is 0 Å². The van der Waals surface area contributed by atoms with Crippen molar-refractivity contribution in [2.45, 2.75) is 24.2 Å². The van der Waals surface area contributed by atoms with Gasteiger partial charge in [0.05, 0.1) is 27.9 Å². The molecule has 9 heteroatoms. The van der Waals surface area contributed by atoms with Crippen molar-refractivity contribution in [3.63, 3.8) is 0 Å². The average molecular weight is 701 g/mol. The van der Waals surface area contributed by atoms with E-state index in [0.717, 1.165) is 16.0 Å². The number of imide groups is 1. The van der Waals surface area contributed by atoms with Gasteiger partial charge in [0, 0.05) is 34.9 Å². The first-order valence-corrected chi connectivity index (χ1v) is 17.7. The minimum absolute atomic E-state index is 0.0705. The van der Waals surface area contributed by atoms with E-state index in [9.17, 15) is 24.8 Å². The van der Waals surface area contributed by atoms with Gasteiger partial charge in [-0.15, -0.1) is 0 Å². The van der Waals surface area contributed by atoms with Crippen molar-refractivity contribution in [2.24, 2.45) is 23.7 Å². The van der Waals surface area contributed by atoms with Gasteiger partial charge in [0.25, 0.3) is 5.69 Å². The zero-order valence-electron chi connectivity index (χ0n) is 28.3. The van der Waals surface area contributed by atoms with Gasteiger partial charge in [-0.1, -0.05) is 109 Å². The highest BCUT2D eigenvalue weighted by Crippen LogP contribution is 2.64. The minimum atomic E-state index is -1.42. The molecule has 5 aromatic carbocycles. The fraction of sp³-hybridized carbons (Fsp3) is 0.182. The number of nitro groups is 1. The SMILES string of the molecule is O=C1C(c2ccccc2)=CC(=O)[C@@]2(c3ccccc3)[C@@H](c3ccc(O)c4ccccc34)C3=CC[C@@H]4C(=O)N(c5cccc([N+](=O)[O-])c5)C(=O)[C@@H]4[C@@H]3C[C@@H]12. The number of hydrogen-bond acceptors (Lipinski definition) is 7. The molecule has 0 spiro atoms. The maximum absolute atomic E-state index is 15.3. The second-order valence-electron chi connectivity index (χ2n) is 14.3. The molecule has 0 aromatic heterocycles. The van der Waals surface area contributed by atoms with E-state index < -0.39 is 51.7 Å². The number of amides is 2. The number of carbonyl (C=O) groups excluding carboxylic acids is 4. The number of rotatable bonds is 5. The van der Waals surface area contributed by atoms with Gasteiger partial charge in [0.15, 0.2) is 11.6 Å². The molecule has 260 valence electrons. The number of anilines is 1. The van der Waals surface area contributed by atoms with Crippen LogP contribution < -0.4 is 4.90 Å². The normalized spacial score (nSPS) is 26.4. The Hall–Kier alpha value is -6.48. The molecule has 9 nitrogen and oxygen atoms in total. The molecular weight excluding hydrogens is 668 g/mol. The predicted octanol–water partition coefficient (Wildman–Crippen LogP) is 7.48. The van der Waals surface area contributed by atoms with Gasteiger partial charge in [-0.2, -0.15) is 0 Å². The smallest absolute Gasteiger partial charge is 0.271 e. The first-order valence-electron chi connectivity index (χ1n) is 17.7. The van der Waals surface area contributed by atoms with Crippen molar-refractivity contribution < 1.29 is 29.2 Å². The molecular formula is C44H32N2O7. The summed E-state index contributed by atoms with van der Waals surface area (Å²) < 4.78 is 0. The van der Waals surface area contributed by atoms with Crippen LogP contribution in [0.15, 0.2) is 139 Å². The molecule has 1 saturated carbocycles. The lowest BCUT2D eigenvalue weighted by atomic mass is 9.44. The number of ketones is 2. The molecule has 0 bridgehead atoms. The fourth-order valence-corrected chi connectivity index (χ4v) is 9.78. The highest BCUT2D eigenvalue weighted by Gasteiger charge is 2.66. The quantitative estimate of drug-likeness (QED) is 0.0869. The average Bonchev–Trinajstić information content (AvgIpc) is 3.45. The molecule has 1 heterocycles. The Morgan fingerprint density at radius 2 is 1.45 bits per heavy atom. The summed E-state index contributed by atoms with van der Waals surface area (Å²) in [5.74, 6) is -5.22. The molecule has 4 aliphatic rings. The number of hydrogen-bond donors (Lipinski definition) is 1. The Kier molecular flexibility index (Phi) is 7.37. The second-order valence-corrected chi connectivity index (χ2v) is 14.3. The number of non-ortho nitro benzene ring substituents is 1. The summed E-state index contributed by atoms with van der Waals surface area (Å²) in [5.41, 5.74) is 1.57. The first-order chi connectivity index (χ1) is 25.7. The van der Waals surface area contributed by atoms with E-state index in [1.165, 1.54) is 30.3 Å². The van der Waals surface area contributed by atoms with Crippen LogP contribution in [0.1, 0.15) is 35.4 Å². The van der Waals surface area contributed by atoms with Crippen LogP contribution in [0.2, 0.25) is 0 Å². The van der Waals surface area contributed by atoms with E-state index in [1.54, 1.807) is 18.2 Å². The standard InChI is InChI=1S/C44H32N2O7/c47-37-21-20-31(29-16-7-8-17-30(29)37)40-32-18-19-33-39(43(51)45(42(33)50)27-14-9-15-28(22-27)46(52)53)35(32)23-36-41(49)34(25-10-3-1-4-11-25)24-38(48)44(36,40)26-12-5-2-6-13-26/h1-18,20-22,24,33,35-36,39-40,47H,19,23H2/t33-,35+,36-,39-,40-,44-/m0/s1. The number of nitrogens with zero attached hydrogens (tertiary/aromatic N) is 2. The summed E-state index contributed by atoms with van der Waals surface area (Å²) in [4.78, 5) is 71.4. The van der Waals surface area contributed by atoms with Crippen LogP contribution in [0.25, 0.3) is 16.3 Å². The van der Waals surface area contributed by atoms with Crippen LogP contribution in [0.5, 0.6) is 5.75 Å². The van der Waals surface area contributed by atoms with Crippen molar-refractivity contribution in [2.75, 3.05) is 4.90 Å². The van der Waals surface area contributed by atoms with E-state index in [-0.39, 0.29) is 41.5 Å². The summed E-state index contributed by atoms with van der Waals surface area (Å²) in [6.45, 7) is 0.